The first kappa shape index (κ1) is 12.7. The van der Waals surface area contributed by atoms with Crippen molar-refractivity contribution in [1.29, 1.82) is 0 Å². The Balaban J connectivity index is 1.66. The number of benzene rings is 1. The molecule has 1 fully saturated rings. The highest BCUT2D eigenvalue weighted by Crippen LogP contribution is 2.35. The quantitative estimate of drug-likeness (QED) is 0.822. The van der Waals surface area contributed by atoms with Gasteiger partial charge in [-0.1, -0.05) is 17.8 Å². The van der Waals surface area contributed by atoms with Crippen molar-refractivity contribution in [3.05, 3.63) is 53.9 Å². The maximum Gasteiger partial charge on any atom is 0.165 e. The number of aromatic nitrogens is 1. The van der Waals surface area contributed by atoms with E-state index in [1.807, 2.05) is 30.0 Å². The van der Waals surface area contributed by atoms with Crippen LogP contribution in [0.1, 0.15) is 11.1 Å². The average Bonchev–Trinajstić information content (AvgIpc) is 2.88. The summed E-state index contributed by atoms with van der Waals surface area (Å²) in [6.45, 7) is 0.900. The summed E-state index contributed by atoms with van der Waals surface area (Å²) >= 11 is 1.83. The molecule has 21 heavy (non-hydrogen) atoms. The van der Waals surface area contributed by atoms with Crippen molar-refractivity contribution in [1.82, 2.24) is 9.88 Å². The SMILES string of the molecule is Nc1ccc2c(c1)CN1C(=Nc3cccnc3)SC[C@@H]1C2. The fraction of sp³-hybridized carbons (Fsp3) is 0.250. The second kappa shape index (κ2) is 5.07. The van der Waals surface area contributed by atoms with E-state index in [0.29, 0.717) is 6.04 Å². The van der Waals surface area contributed by atoms with Gasteiger partial charge >= 0.3 is 0 Å². The number of amidine groups is 1. The minimum atomic E-state index is 0.543. The van der Waals surface area contributed by atoms with E-state index < -0.39 is 0 Å². The molecule has 1 aromatic carbocycles. The lowest BCUT2D eigenvalue weighted by Gasteiger charge is -2.32. The van der Waals surface area contributed by atoms with Crippen LogP contribution in [0.5, 0.6) is 0 Å². The van der Waals surface area contributed by atoms with Crippen LogP contribution in [0, 0.1) is 0 Å². The van der Waals surface area contributed by atoms with Crippen LogP contribution in [0.2, 0.25) is 0 Å². The van der Waals surface area contributed by atoms with Crippen molar-refractivity contribution in [3.63, 3.8) is 0 Å². The van der Waals surface area contributed by atoms with E-state index in [1.54, 1.807) is 12.4 Å². The molecule has 2 aliphatic rings. The van der Waals surface area contributed by atoms with Gasteiger partial charge in [0.15, 0.2) is 5.17 Å². The van der Waals surface area contributed by atoms with Crippen LogP contribution in [0.4, 0.5) is 11.4 Å². The van der Waals surface area contributed by atoms with Crippen LogP contribution >= 0.6 is 11.8 Å². The van der Waals surface area contributed by atoms with Gasteiger partial charge in [-0.3, -0.25) is 4.98 Å². The standard InChI is InChI=1S/C16H16N4S/c17-13-4-3-11-7-15-10-21-16(20(15)9-12(11)6-13)19-14-2-1-5-18-8-14/h1-6,8,15H,7,9-10,17H2/t15-/m0/s1. The summed E-state index contributed by atoms with van der Waals surface area (Å²) < 4.78 is 0. The second-order valence-corrected chi connectivity index (χ2v) is 6.42. The van der Waals surface area contributed by atoms with Crippen molar-refractivity contribution < 1.29 is 0 Å². The molecule has 1 saturated heterocycles. The Morgan fingerprint density at radius 3 is 3.10 bits per heavy atom. The van der Waals surface area contributed by atoms with Gasteiger partial charge in [0.25, 0.3) is 0 Å². The maximum atomic E-state index is 5.92. The van der Waals surface area contributed by atoms with E-state index >= 15 is 0 Å². The number of hydrogen-bond acceptors (Lipinski definition) is 4. The number of nitrogen functional groups attached to an aromatic ring is 1. The molecular formula is C16H16N4S. The van der Waals surface area contributed by atoms with Gasteiger partial charge in [-0.25, -0.2) is 4.99 Å². The monoisotopic (exact) mass is 296 g/mol. The first-order valence-electron chi connectivity index (χ1n) is 7.05. The first-order chi connectivity index (χ1) is 10.3. The number of nitrogens with two attached hydrogens (primary N) is 1. The largest absolute Gasteiger partial charge is 0.399 e. The zero-order chi connectivity index (χ0) is 14.2. The Hall–Kier alpha value is -2.01. The van der Waals surface area contributed by atoms with E-state index in [0.717, 1.165) is 35.3 Å². The Morgan fingerprint density at radius 2 is 2.24 bits per heavy atom. The molecule has 1 aromatic heterocycles. The van der Waals surface area contributed by atoms with Crippen LogP contribution in [0.15, 0.2) is 47.7 Å². The number of nitrogens with zero attached hydrogens (tertiary/aromatic N) is 3. The summed E-state index contributed by atoms with van der Waals surface area (Å²) in [5.41, 5.74) is 10.4. The van der Waals surface area contributed by atoms with Crippen molar-refractivity contribution in [3.8, 4) is 0 Å². The molecule has 0 radical (unpaired) electrons. The lowest BCUT2D eigenvalue weighted by Crippen LogP contribution is -2.38. The van der Waals surface area contributed by atoms with E-state index in [9.17, 15) is 0 Å². The zero-order valence-electron chi connectivity index (χ0n) is 11.6. The minimum Gasteiger partial charge on any atom is -0.399 e. The smallest absolute Gasteiger partial charge is 0.165 e. The average molecular weight is 296 g/mol. The summed E-state index contributed by atoms with van der Waals surface area (Å²) in [5.74, 6) is 1.10. The molecule has 106 valence electrons. The van der Waals surface area contributed by atoms with Crippen molar-refractivity contribution >= 4 is 28.3 Å². The summed E-state index contributed by atoms with van der Waals surface area (Å²) in [5, 5.41) is 1.10. The zero-order valence-corrected chi connectivity index (χ0v) is 12.4. The van der Waals surface area contributed by atoms with Crippen LogP contribution in [-0.4, -0.2) is 26.8 Å². The third-order valence-electron chi connectivity index (χ3n) is 3.99. The molecule has 0 spiro atoms. The van der Waals surface area contributed by atoms with Crippen molar-refractivity contribution in [2.75, 3.05) is 11.5 Å². The van der Waals surface area contributed by atoms with Crippen molar-refractivity contribution in [2.45, 2.75) is 19.0 Å². The Labute approximate surface area is 128 Å². The normalized spacial score (nSPS) is 22.2. The number of pyridine rings is 1. The van der Waals surface area contributed by atoms with Crippen LogP contribution < -0.4 is 5.73 Å². The van der Waals surface area contributed by atoms with Gasteiger partial charge in [-0.05, 0) is 41.8 Å². The summed E-state index contributed by atoms with van der Waals surface area (Å²) in [6.07, 6.45) is 4.65. The number of rotatable bonds is 1. The predicted octanol–water partition coefficient (Wildman–Crippen LogP) is 2.83. The molecule has 0 saturated carbocycles. The van der Waals surface area contributed by atoms with Gasteiger partial charge in [0, 0.05) is 30.2 Å². The van der Waals surface area contributed by atoms with Gasteiger partial charge in [0.1, 0.15) is 0 Å². The van der Waals surface area contributed by atoms with E-state index in [-0.39, 0.29) is 0 Å². The maximum absolute atomic E-state index is 5.92. The fourth-order valence-corrected chi connectivity index (χ4v) is 4.11. The Kier molecular flexibility index (Phi) is 3.07. The molecule has 4 nitrogen and oxygen atoms in total. The number of aliphatic imine (C=N–C) groups is 1. The lowest BCUT2D eigenvalue weighted by molar-refractivity contribution is 0.320. The number of fused-ring (bicyclic) bond motifs is 2. The van der Waals surface area contributed by atoms with Gasteiger partial charge in [0.05, 0.1) is 11.9 Å². The van der Waals surface area contributed by atoms with Crippen molar-refractivity contribution in [2.24, 2.45) is 4.99 Å². The second-order valence-electron chi connectivity index (χ2n) is 5.43. The van der Waals surface area contributed by atoms with Crippen LogP contribution in [-0.2, 0) is 13.0 Å². The third-order valence-corrected chi connectivity index (χ3v) is 5.12. The van der Waals surface area contributed by atoms with Crippen LogP contribution in [0.25, 0.3) is 0 Å². The molecule has 3 heterocycles. The summed E-state index contributed by atoms with van der Waals surface area (Å²) in [6, 6.07) is 10.7. The molecule has 4 rings (SSSR count). The predicted molar refractivity (Wildman–Crippen MR) is 87.7 cm³/mol. The highest BCUT2D eigenvalue weighted by atomic mass is 32.2. The van der Waals surface area contributed by atoms with E-state index in [1.165, 1.54) is 11.1 Å². The molecule has 0 bridgehead atoms. The highest BCUT2D eigenvalue weighted by molar-refractivity contribution is 8.14. The molecule has 1 atom stereocenters. The lowest BCUT2D eigenvalue weighted by atomic mass is 9.95. The van der Waals surface area contributed by atoms with E-state index in [2.05, 4.69) is 22.0 Å². The molecule has 0 unspecified atom stereocenters. The topological polar surface area (TPSA) is 54.5 Å². The van der Waals surface area contributed by atoms with Gasteiger partial charge in [0.2, 0.25) is 0 Å². The highest BCUT2D eigenvalue weighted by Gasteiger charge is 2.34. The first-order valence-corrected chi connectivity index (χ1v) is 8.03. The Morgan fingerprint density at radius 1 is 1.29 bits per heavy atom. The van der Waals surface area contributed by atoms with Gasteiger partial charge in [-0.2, -0.15) is 0 Å². The molecule has 5 heteroatoms. The third kappa shape index (κ3) is 2.38. The number of thioether (sulfide) groups is 1. The number of hydrogen-bond donors (Lipinski definition) is 1. The molecule has 2 N–H and O–H groups in total. The summed E-state index contributed by atoms with van der Waals surface area (Å²) in [7, 11) is 0. The molecular weight excluding hydrogens is 280 g/mol. The van der Waals surface area contributed by atoms with Crippen LogP contribution in [0.3, 0.4) is 0 Å². The van der Waals surface area contributed by atoms with E-state index in [4.69, 9.17) is 10.7 Å². The molecule has 2 aromatic rings. The molecule has 0 aliphatic carbocycles. The molecule has 0 amide bonds. The molecule has 2 aliphatic heterocycles. The Bertz CT molecular complexity index is 699. The van der Waals surface area contributed by atoms with Gasteiger partial charge in [-0.15, -0.1) is 0 Å². The fourth-order valence-electron chi connectivity index (χ4n) is 2.92. The summed E-state index contributed by atoms with van der Waals surface area (Å²) in [4.78, 5) is 11.3. The number of anilines is 1. The minimum absolute atomic E-state index is 0.543. The van der Waals surface area contributed by atoms with Gasteiger partial charge < -0.3 is 10.6 Å².